The largest absolute Gasteiger partial charge is 0.466 e. The molecule has 1 aliphatic heterocycles. The van der Waals surface area contributed by atoms with Crippen LogP contribution in [-0.4, -0.2) is 47.4 Å². The van der Waals surface area contributed by atoms with Crippen LogP contribution in [0.3, 0.4) is 0 Å². The lowest BCUT2D eigenvalue weighted by molar-refractivity contribution is -0.149. The molecular formula is C25H34N2O4. The molecule has 0 atom stereocenters. The second-order valence-corrected chi connectivity index (χ2v) is 8.57. The zero-order chi connectivity index (χ0) is 22.4. The Morgan fingerprint density at radius 3 is 2.55 bits per heavy atom. The zero-order valence-electron chi connectivity index (χ0n) is 19.1. The van der Waals surface area contributed by atoms with Crippen LogP contribution in [-0.2, 0) is 22.6 Å². The van der Waals surface area contributed by atoms with Crippen molar-refractivity contribution in [3.05, 3.63) is 59.0 Å². The zero-order valence-corrected chi connectivity index (χ0v) is 19.1. The summed E-state index contributed by atoms with van der Waals surface area (Å²) in [5.74, 6) is 0.771. The van der Waals surface area contributed by atoms with Crippen LogP contribution < -0.4 is 0 Å². The van der Waals surface area contributed by atoms with Crippen molar-refractivity contribution in [2.24, 2.45) is 5.92 Å². The van der Waals surface area contributed by atoms with Gasteiger partial charge in [0.2, 0.25) is 0 Å². The van der Waals surface area contributed by atoms with E-state index in [1.165, 1.54) is 11.1 Å². The third-order valence-corrected chi connectivity index (χ3v) is 5.83. The summed E-state index contributed by atoms with van der Waals surface area (Å²) in [7, 11) is 0. The molecule has 0 aliphatic carbocycles. The van der Waals surface area contributed by atoms with E-state index in [-0.39, 0.29) is 17.8 Å². The molecular weight excluding hydrogens is 392 g/mol. The van der Waals surface area contributed by atoms with Crippen molar-refractivity contribution in [2.45, 2.75) is 59.7 Å². The number of carbonyl (C=O) groups excluding carboxylic acids is 2. The number of esters is 1. The van der Waals surface area contributed by atoms with Gasteiger partial charge in [0.1, 0.15) is 5.76 Å². The summed E-state index contributed by atoms with van der Waals surface area (Å²) in [6, 6.07) is 12.5. The first-order chi connectivity index (χ1) is 14.9. The average molecular weight is 427 g/mol. The van der Waals surface area contributed by atoms with Crippen LogP contribution in [0.15, 0.2) is 40.8 Å². The van der Waals surface area contributed by atoms with Gasteiger partial charge < -0.3 is 14.1 Å². The predicted octanol–water partition coefficient (Wildman–Crippen LogP) is 4.41. The summed E-state index contributed by atoms with van der Waals surface area (Å²) in [4.78, 5) is 28.9. The van der Waals surface area contributed by atoms with E-state index in [9.17, 15) is 9.59 Å². The third-order valence-electron chi connectivity index (χ3n) is 5.83. The molecule has 6 nitrogen and oxygen atoms in total. The highest BCUT2D eigenvalue weighted by molar-refractivity contribution is 5.91. The second kappa shape index (κ2) is 10.6. The summed E-state index contributed by atoms with van der Waals surface area (Å²) < 4.78 is 11.0. The van der Waals surface area contributed by atoms with Crippen molar-refractivity contribution >= 4 is 11.9 Å². The Labute approximate surface area is 185 Å². The highest BCUT2D eigenvalue weighted by Gasteiger charge is 2.29. The summed E-state index contributed by atoms with van der Waals surface area (Å²) >= 11 is 0. The minimum absolute atomic E-state index is 0.108. The van der Waals surface area contributed by atoms with Crippen molar-refractivity contribution in [2.75, 3.05) is 19.7 Å². The Morgan fingerprint density at radius 1 is 1.16 bits per heavy atom. The Kier molecular flexibility index (Phi) is 7.91. The first kappa shape index (κ1) is 23.1. The number of piperidine rings is 1. The Morgan fingerprint density at radius 2 is 1.90 bits per heavy atom. The predicted molar refractivity (Wildman–Crippen MR) is 120 cm³/mol. The van der Waals surface area contributed by atoms with Crippen LogP contribution >= 0.6 is 0 Å². The fourth-order valence-electron chi connectivity index (χ4n) is 3.98. The van der Waals surface area contributed by atoms with Crippen LogP contribution in [0.1, 0.15) is 61.1 Å². The van der Waals surface area contributed by atoms with Gasteiger partial charge in [0.15, 0.2) is 5.76 Å². The minimum atomic E-state index is -0.155. The molecule has 0 saturated carbocycles. The van der Waals surface area contributed by atoms with Crippen molar-refractivity contribution in [3.8, 4) is 0 Å². The fourth-order valence-corrected chi connectivity index (χ4v) is 3.98. The molecule has 0 bridgehead atoms. The number of aryl methyl sites for hydroxylation is 1. The lowest BCUT2D eigenvalue weighted by Crippen LogP contribution is -2.40. The van der Waals surface area contributed by atoms with Crippen LogP contribution in [0.25, 0.3) is 0 Å². The lowest BCUT2D eigenvalue weighted by Gasteiger charge is -2.30. The van der Waals surface area contributed by atoms with E-state index in [1.807, 2.05) is 13.0 Å². The smallest absolute Gasteiger partial charge is 0.309 e. The molecule has 1 aliphatic rings. The van der Waals surface area contributed by atoms with Gasteiger partial charge in [-0.25, -0.2) is 0 Å². The summed E-state index contributed by atoms with van der Waals surface area (Å²) in [6.07, 6.45) is 1.27. The van der Waals surface area contributed by atoms with Crippen molar-refractivity contribution in [3.63, 3.8) is 0 Å². The van der Waals surface area contributed by atoms with Crippen molar-refractivity contribution in [1.29, 1.82) is 0 Å². The molecule has 168 valence electrons. The maximum Gasteiger partial charge on any atom is 0.309 e. The first-order valence-electron chi connectivity index (χ1n) is 11.2. The van der Waals surface area contributed by atoms with Crippen LogP contribution in [0.4, 0.5) is 0 Å². The van der Waals surface area contributed by atoms with Gasteiger partial charge in [-0.2, -0.15) is 0 Å². The molecule has 2 heterocycles. The van der Waals surface area contributed by atoms with E-state index >= 15 is 0 Å². The van der Waals surface area contributed by atoms with E-state index < -0.39 is 0 Å². The molecule has 1 amide bonds. The van der Waals surface area contributed by atoms with Gasteiger partial charge in [0, 0.05) is 25.7 Å². The molecule has 31 heavy (non-hydrogen) atoms. The number of amides is 1. The van der Waals surface area contributed by atoms with Gasteiger partial charge in [-0.15, -0.1) is 0 Å². The number of furan rings is 1. The maximum atomic E-state index is 12.9. The number of carbonyl (C=O) groups is 2. The Hall–Kier alpha value is -2.60. The molecule has 2 aromatic rings. The standard InChI is InChI=1S/C25H34N2O4/c1-5-30-25(29)21-11-13-26(14-12-21)24(28)23-10-9-22(31-23)17-27(18(2)3)16-20-8-6-7-19(4)15-20/h6-10,15,18,21H,5,11-14,16-17H2,1-4H3. The van der Waals surface area contributed by atoms with E-state index in [0.29, 0.717) is 50.9 Å². The molecule has 0 unspecified atom stereocenters. The highest BCUT2D eigenvalue weighted by atomic mass is 16.5. The van der Waals surface area contributed by atoms with E-state index in [2.05, 4.69) is 49.9 Å². The maximum absolute atomic E-state index is 12.9. The first-order valence-corrected chi connectivity index (χ1v) is 11.2. The van der Waals surface area contributed by atoms with Gasteiger partial charge >= 0.3 is 5.97 Å². The number of hydrogen-bond acceptors (Lipinski definition) is 5. The minimum Gasteiger partial charge on any atom is -0.466 e. The molecule has 1 aromatic heterocycles. The fraction of sp³-hybridized carbons (Fsp3) is 0.520. The molecule has 1 fully saturated rings. The number of nitrogens with zero attached hydrogens (tertiary/aromatic N) is 2. The van der Waals surface area contributed by atoms with Crippen LogP contribution in [0, 0.1) is 12.8 Å². The van der Waals surface area contributed by atoms with E-state index in [0.717, 1.165) is 12.3 Å². The Balaban J connectivity index is 1.58. The van der Waals surface area contributed by atoms with E-state index in [1.54, 1.807) is 11.0 Å². The summed E-state index contributed by atoms with van der Waals surface area (Å²) in [5.41, 5.74) is 2.51. The summed E-state index contributed by atoms with van der Waals surface area (Å²) in [5, 5.41) is 0. The SMILES string of the molecule is CCOC(=O)C1CCN(C(=O)c2ccc(CN(Cc3cccc(C)c3)C(C)C)o2)CC1. The topological polar surface area (TPSA) is 63.0 Å². The normalized spacial score (nSPS) is 15.0. The molecule has 0 radical (unpaired) electrons. The monoisotopic (exact) mass is 426 g/mol. The van der Waals surface area contributed by atoms with Gasteiger partial charge in [0.05, 0.1) is 19.1 Å². The number of ether oxygens (including phenoxy) is 1. The molecule has 3 rings (SSSR count). The Bertz CT molecular complexity index is 881. The number of hydrogen-bond donors (Lipinski definition) is 0. The second-order valence-electron chi connectivity index (χ2n) is 8.57. The average Bonchev–Trinajstić information content (AvgIpc) is 3.21. The van der Waals surface area contributed by atoms with Crippen molar-refractivity contribution in [1.82, 2.24) is 9.80 Å². The molecule has 1 saturated heterocycles. The molecule has 6 heteroatoms. The van der Waals surface area contributed by atoms with Gasteiger partial charge in [0.25, 0.3) is 5.91 Å². The molecule has 0 N–H and O–H groups in total. The van der Waals surface area contributed by atoms with Crippen LogP contribution in [0.2, 0.25) is 0 Å². The van der Waals surface area contributed by atoms with Crippen LogP contribution in [0.5, 0.6) is 0 Å². The quantitative estimate of drug-likeness (QED) is 0.585. The van der Waals surface area contributed by atoms with E-state index in [4.69, 9.17) is 9.15 Å². The number of likely N-dealkylation sites (tertiary alicyclic amines) is 1. The number of rotatable bonds is 8. The van der Waals surface area contributed by atoms with Gasteiger partial charge in [-0.1, -0.05) is 29.8 Å². The lowest BCUT2D eigenvalue weighted by atomic mass is 9.97. The molecule has 1 aromatic carbocycles. The highest BCUT2D eigenvalue weighted by Crippen LogP contribution is 2.22. The van der Waals surface area contributed by atoms with Gasteiger partial charge in [-0.05, 0) is 58.2 Å². The van der Waals surface area contributed by atoms with Gasteiger partial charge in [-0.3, -0.25) is 14.5 Å². The number of benzene rings is 1. The summed E-state index contributed by atoms with van der Waals surface area (Å²) in [6.45, 7) is 11.2. The molecule has 0 spiro atoms. The van der Waals surface area contributed by atoms with Crippen molar-refractivity contribution < 1.29 is 18.7 Å². The third kappa shape index (κ3) is 6.20.